The van der Waals surface area contributed by atoms with Crippen LogP contribution >= 0.6 is 11.6 Å². The van der Waals surface area contributed by atoms with E-state index in [1.54, 1.807) is 27.4 Å². The highest BCUT2D eigenvalue weighted by Gasteiger charge is 2.37. The number of aromatic nitrogens is 1. The van der Waals surface area contributed by atoms with Crippen molar-refractivity contribution in [2.24, 2.45) is 21.5 Å². The van der Waals surface area contributed by atoms with E-state index >= 15 is 0 Å². The van der Waals surface area contributed by atoms with Crippen LogP contribution in [-0.2, 0) is 20.7 Å². The second-order valence-electron chi connectivity index (χ2n) is 12.0. The third-order valence-corrected chi connectivity index (χ3v) is 8.77. The van der Waals surface area contributed by atoms with Gasteiger partial charge in [0, 0.05) is 30.9 Å². The molecule has 0 radical (unpaired) electrons. The molecule has 4 N–H and O–H groups in total. The van der Waals surface area contributed by atoms with Gasteiger partial charge in [-0.25, -0.2) is 9.98 Å². The molecule has 2 amide bonds. The number of benzene rings is 3. The van der Waals surface area contributed by atoms with Gasteiger partial charge in [-0.2, -0.15) is 0 Å². The van der Waals surface area contributed by atoms with Crippen molar-refractivity contribution in [1.82, 2.24) is 14.8 Å². The second kappa shape index (κ2) is 13.3. The van der Waals surface area contributed by atoms with Gasteiger partial charge >= 0.3 is 0 Å². The van der Waals surface area contributed by atoms with Gasteiger partial charge in [-0.3, -0.25) is 24.4 Å². The molecule has 0 aliphatic carbocycles. The number of hydrogen-bond donors (Lipinski definition) is 2. The molecule has 0 bridgehead atoms. The van der Waals surface area contributed by atoms with Crippen molar-refractivity contribution in [3.05, 3.63) is 107 Å². The molecule has 47 heavy (non-hydrogen) atoms. The monoisotopic (exact) mass is 651 g/mol. The van der Waals surface area contributed by atoms with Gasteiger partial charge in [-0.05, 0) is 78.6 Å². The average Bonchev–Trinajstić information content (AvgIpc) is 3.06. The Bertz CT molecular complexity index is 1890. The lowest BCUT2D eigenvalue weighted by atomic mass is 9.86. The Morgan fingerprint density at radius 1 is 0.723 bits per heavy atom. The molecular weight excluding hydrogens is 614 g/mol. The van der Waals surface area contributed by atoms with Crippen LogP contribution in [0.2, 0.25) is 5.02 Å². The minimum atomic E-state index is -0.690. The molecule has 0 saturated carbocycles. The van der Waals surface area contributed by atoms with Gasteiger partial charge < -0.3 is 16.2 Å². The second-order valence-corrected chi connectivity index (χ2v) is 12.4. The van der Waals surface area contributed by atoms with Gasteiger partial charge in [0.1, 0.15) is 5.75 Å². The van der Waals surface area contributed by atoms with Gasteiger partial charge in [0.15, 0.2) is 11.9 Å². The third kappa shape index (κ3) is 7.12. The normalized spacial score (nSPS) is 21.0. The molecular formula is C36H38ClN7O3. The number of nitrogens with zero attached hydrogens (tertiary/aromatic N) is 5. The first-order valence-corrected chi connectivity index (χ1v) is 15.4. The molecule has 0 saturated heterocycles. The van der Waals surface area contributed by atoms with E-state index in [-0.39, 0.29) is 30.2 Å². The molecule has 2 aliphatic rings. The Labute approximate surface area is 279 Å². The Morgan fingerprint density at radius 2 is 1.26 bits per heavy atom. The summed E-state index contributed by atoms with van der Waals surface area (Å²) in [6, 6.07) is 27.2. The number of nitrogens with two attached hydrogens (primary N) is 2. The molecule has 10 nitrogen and oxygen atoms in total. The van der Waals surface area contributed by atoms with Gasteiger partial charge in [0.25, 0.3) is 0 Å². The first kappa shape index (κ1) is 33.2. The van der Waals surface area contributed by atoms with E-state index < -0.39 is 11.1 Å². The van der Waals surface area contributed by atoms with Crippen LogP contribution in [0.3, 0.4) is 0 Å². The van der Waals surface area contributed by atoms with Crippen LogP contribution in [0.25, 0.3) is 22.4 Å². The highest BCUT2D eigenvalue weighted by molar-refractivity contribution is 6.30. The molecule has 11 heteroatoms. The zero-order valence-electron chi connectivity index (χ0n) is 27.1. The Hall–Kier alpha value is -5.22. The Morgan fingerprint density at radius 3 is 1.83 bits per heavy atom. The number of carbonyl (C=O) groups is 2. The summed E-state index contributed by atoms with van der Waals surface area (Å²) < 4.78 is 5.27. The number of aliphatic imine (C=N–C) groups is 2. The number of hydrogen-bond acceptors (Lipinski definition) is 8. The van der Waals surface area contributed by atoms with Crippen molar-refractivity contribution in [2.45, 2.75) is 37.8 Å². The van der Waals surface area contributed by atoms with Gasteiger partial charge in [0.2, 0.25) is 11.8 Å². The summed E-state index contributed by atoms with van der Waals surface area (Å²) in [5, 5.41) is 0.691. The van der Waals surface area contributed by atoms with Crippen LogP contribution in [0.1, 0.15) is 37.8 Å². The van der Waals surface area contributed by atoms with Crippen LogP contribution in [0.15, 0.2) is 101 Å². The van der Waals surface area contributed by atoms with Crippen LogP contribution in [0, 0.1) is 0 Å². The van der Waals surface area contributed by atoms with E-state index in [2.05, 4.69) is 15.0 Å². The molecule has 2 aliphatic heterocycles. The summed E-state index contributed by atoms with van der Waals surface area (Å²) in [4.78, 5) is 40.6. The molecule has 3 aromatic carbocycles. The average molecular weight is 652 g/mol. The van der Waals surface area contributed by atoms with Crippen molar-refractivity contribution in [2.75, 3.05) is 21.2 Å². The molecule has 3 heterocycles. The number of ether oxygens (including phenoxy) is 1. The van der Waals surface area contributed by atoms with Crippen molar-refractivity contribution in [3.63, 3.8) is 0 Å². The first-order chi connectivity index (χ1) is 22.3. The zero-order chi connectivity index (χ0) is 33.9. The highest BCUT2D eigenvalue weighted by Crippen LogP contribution is 2.36. The predicted octanol–water partition coefficient (Wildman–Crippen LogP) is 5.55. The van der Waals surface area contributed by atoms with Gasteiger partial charge in [-0.1, -0.05) is 54.1 Å². The van der Waals surface area contributed by atoms with Crippen LogP contribution < -0.4 is 16.2 Å². The highest BCUT2D eigenvalue weighted by atomic mass is 35.5. The first-order valence-electron chi connectivity index (χ1n) is 15.0. The molecule has 0 unspecified atom stereocenters. The fourth-order valence-corrected chi connectivity index (χ4v) is 5.75. The van der Waals surface area contributed by atoms with E-state index in [0.717, 1.165) is 39.3 Å². The van der Waals surface area contributed by atoms with E-state index in [4.69, 9.17) is 27.8 Å². The molecule has 6 rings (SSSR count). The topological polar surface area (TPSA) is 140 Å². The number of amides is 2. The number of halogens is 1. The summed E-state index contributed by atoms with van der Waals surface area (Å²) in [6.45, 7) is 3.84. The molecule has 0 fully saturated rings. The lowest BCUT2D eigenvalue weighted by Crippen LogP contribution is -2.47. The maximum atomic E-state index is 12.2. The number of methoxy groups -OCH3 is 1. The van der Waals surface area contributed by atoms with Crippen molar-refractivity contribution in [1.29, 1.82) is 0 Å². The number of rotatable bonds is 5. The lowest BCUT2D eigenvalue weighted by molar-refractivity contribution is -0.129. The SMILES string of the molecule is CN1C(=O)C[C@@](C)(c2cccc(-c3cccc(Cl)c3)c2)N=C1N.COc1cccc(-c2cc([C@]3(C)CC(=O)N(C)C(N)=N3)ccn2)c1. The van der Waals surface area contributed by atoms with Gasteiger partial charge in [-0.15, -0.1) is 0 Å². The van der Waals surface area contributed by atoms with Crippen LogP contribution in [-0.4, -0.2) is 59.7 Å². The quantitative estimate of drug-likeness (QED) is 0.290. The van der Waals surface area contributed by atoms with E-state index in [0.29, 0.717) is 11.4 Å². The molecule has 2 atom stereocenters. The summed E-state index contributed by atoms with van der Waals surface area (Å²) in [5.74, 6) is 1.16. The number of carbonyl (C=O) groups excluding carboxylic acids is 2. The van der Waals surface area contributed by atoms with E-state index in [9.17, 15) is 9.59 Å². The maximum absolute atomic E-state index is 12.2. The molecule has 1 aromatic heterocycles. The fourth-order valence-electron chi connectivity index (χ4n) is 5.56. The van der Waals surface area contributed by atoms with E-state index in [1.807, 2.05) is 98.8 Å². The Kier molecular flexibility index (Phi) is 9.35. The summed E-state index contributed by atoms with van der Waals surface area (Å²) in [5.41, 5.74) is 16.1. The Balaban J connectivity index is 0.000000185. The van der Waals surface area contributed by atoms with Gasteiger partial charge in [0.05, 0.1) is 36.7 Å². The summed E-state index contributed by atoms with van der Waals surface area (Å²) >= 11 is 6.08. The van der Waals surface area contributed by atoms with Crippen molar-refractivity contribution in [3.8, 4) is 28.1 Å². The standard InChI is InChI=1S/C18H18ClN3O.C18H20N4O2/c1-18(11-16(23)22(2)17(20)21-18)14-7-3-5-12(9-14)13-6-4-8-15(19)10-13;1-18(11-16(23)22(2)17(19)21-18)13-7-8-20-15(10-13)12-5-4-6-14(9-12)24-3/h3-10H,11H2,1-2H3,(H2,20,21);4-10H,11H2,1-3H3,(H2,19,21)/t2*18-/m00/s1. The predicted molar refractivity (Wildman–Crippen MR) is 186 cm³/mol. The van der Waals surface area contributed by atoms with Crippen LogP contribution in [0.5, 0.6) is 5.75 Å². The minimum Gasteiger partial charge on any atom is -0.497 e. The zero-order valence-corrected chi connectivity index (χ0v) is 27.8. The summed E-state index contributed by atoms with van der Waals surface area (Å²) in [7, 11) is 4.91. The van der Waals surface area contributed by atoms with Crippen molar-refractivity contribution >= 4 is 35.3 Å². The molecule has 4 aromatic rings. The third-order valence-electron chi connectivity index (χ3n) is 8.54. The molecule has 0 spiro atoms. The smallest absolute Gasteiger partial charge is 0.231 e. The fraction of sp³-hybridized carbons (Fsp3) is 0.250. The lowest BCUT2D eigenvalue weighted by Gasteiger charge is -2.33. The summed E-state index contributed by atoms with van der Waals surface area (Å²) in [6.07, 6.45) is 2.29. The maximum Gasteiger partial charge on any atom is 0.231 e. The number of pyridine rings is 1. The van der Waals surface area contributed by atoms with Crippen molar-refractivity contribution < 1.29 is 14.3 Å². The van der Waals surface area contributed by atoms with Crippen LogP contribution in [0.4, 0.5) is 0 Å². The largest absolute Gasteiger partial charge is 0.497 e. The minimum absolute atomic E-state index is 0.0341. The number of guanidine groups is 2. The molecule has 242 valence electrons. The van der Waals surface area contributed by atoms with E-state index in [1.165, 1.54) is 9.80 Å².